The Balaban J connectivity index is 1.35. The smallest absolute Gasteiger partial charge is 0.312 e. The quantitative estimate of drug-likeness (QED) is 0.311. The van der Waals surface area contributed by atoms with Gasteiger partial charge in [-0.25, -0.2) is 18.8 Å². The van der Waals surface area contributed by atoms with Crippen molar-refractivity contribution in [3.8, 4) is 17.1 Å². The number of halogens is 2. The first-order valence-corrected chi connectivity index (χ1v) is 13.1. The fourth-order valence-corrected chi connectivity index (χ4v) is 4.88. The number of fused-ring (bicyclic) bond motifs is 1. The van der Waals surface area contributed by atoms with Crippen LogP contribution in [0.25, 0.3) is 16.2 Å². The largest absolute Gasteiger partial charge is 0.494 e. The third-order valence-electron chi connectivity index (χ3n) is 6.78. The summed E-state index contributed by atoms with van der Waals surface area (Å²) in [7, 11) is 3.18. The minimum Gasteiger partial charge on any atom is -0.494 e. The summed E-state index contributed by atoms with van der Waals surface area (Å²) >= 11 is 0. The van der Waals surface area contributed by atoms with Gasteiger partial charge in [-0.15, -0.1) is 15.2 Å². The molecule has 0 atom stereocenters. The number of aliphatic imine (C=N–C) groups is 1. The molecule has 42 heavy (non-hydrogen) atoms. The van der Waals surface area contributed by atoms with Crippen LogP contribution in [0.2, 0.25) is 0 Å². The third kappa shape index (κ3) is 5.31. The van der Waals surface area contributed by atoms with E-state index in [0.29, 0.717) is 83.4 Å². The maximum absolute atomic E-state index is 13.7. The molecule has 0 unspecified atom stereocenters. The highest BCUT2D eigenvalue weighted by Crippen LogP contribution is 2.41. The van der Waals surface area contributed by atoms with E-state index in [9.17, 15) is 8.78 Å². The Hall–Kier alpha value is -5.10. The Morgan fingerprint density at radius 2 is 2.00 bits per heavy atom. The highest BCUT2D eigenvalue weighted by molar-refractivity contribution is 5.98. The number of morpholine rings is 1. The molecule has 0 saturated carbocycles. The van der Waals surface area contributed by atoms with Gasteiger partial charge in [-0.3, -0.25) is 4.98 Å². The molecule has 0 radical (unpaired) electrons. The molecular weight excluding hydrogens is 548 g/mol. The van der Waals surface area contributed by atoms with Crippen LogP contribution < -0.4 is 15.0 Å². The van der Waals surface area contributed by atoms with E-state index < -0.39 is 6.43 Å². The maximum atomic E-state index is 13.7. The highest BCUT2D eigenvalue weighted by Gasteiger charge is 2.27. The Bertz CT molecular complexity index is 1710. The first-order valence-electron chi connectivity index (χ1n) is 13.1. The molecule has 1 N–H and O–H groups in total. The monoisotopic (exact) mass is 573 g/mol. The van der Waals surface area contributed by atoms with Crippen LogP contribution >= 0.6 is 0 Å². The lowest BCUT2D eigenvalue weighted by molar-refractivity contribution is 0.122. The number of aryl methyl sites for hydroxylation is 1. The second-order valence-electron chi connectivity index (χ2n) is 9.55. The van der Waals surface area contributed by atoms with Gasteiger partial charge >= 0.3 is 5.82 Å². The lowest BCUT2D eigenvalue weighted by Crippen LogP contribution is -2.36. The zero-order chi connectivity index (χ0) is 29.2. The Labute approximate surface area is 239 Å². The highest BCUT2D eigenvalue weighted by atomic mass is 19.3. The SMILES string of the molecule is [C-]#[N+]c1nc(Cc2cc(Nc3cccc(-c4nnn(C)n4)c3OC)c3c(n2)CC(C(F)F)=N3)cnc1N1CCOCC1. The number of alkyl halides is 2. The molecule has 1 aromatic carbocycles. The number of hydrogen-bond donors (Lipinski definition) is 1. The molecule has 5 heterocycles. The molecule has 2 aliphatic rings. The topological polar surface area (TPSA) is 133 Å². The summed E-state index contributed by atoms with van der Waals surface area (Å²) in [4.78, 5) is 24.8. The normalized spacial score (nSPS) is 14.5. The van der Waals surface area contributed by atoms with Gasteiger partial charge in [-0.05, 0) is 23.4 Å². The van der Waals surface area contributed by atoms with E-state index in [2.05, 4.69) is 45.5 Å². The number of rotatable bonds is 8. The van der Waals surface area contributed by atoms with Crippen molar-refractivity contribution in [2.45, 2.75) is 19.3 Å². The van der Waals surface area contributed by atoms with E-state index >= 15 is 0 Å². The molecule has 6 rings (SSSR count). The molecule has 0 amide bonds. The summed E-state index contributed by atoms with van der Waals surface area (Å²) in [5.74, 6) is 1.52. The van der Waals surface area contributed by atoms with Crippen LogP contribution in [0.3, 0.4) is 0 Å². The first-order chi connectivity index (χ1) is 20.4. The summed E-state index contributed by atoms with van der Waals surface area (Å²) < 4.78 is 38.4. The zero-order valence-electron chi connectivity index (χ0n) is 22.8. The van der Waals surface area contributed by atoms with E-state index in [-0.39, 0.29) is 24.4 Å². The number of aromatic nitrogens is 7. The van der Waals surface area contributed by atoms with Crippen LogP contribution in [0.15, 0.2) is 35.5 Å². The summed E-state index contributed by atoms with van der Waals surface area (Å²) in [5.41, 5.74) is 3.18. The van der Waals surface area contributed by atoms with Gasteiger partial charge in [-0.1, -0.05) is 12.6 Å². The molecule has 1 fully saturated rings. The van der Waals surface area contributed by atoms with Gasteiger partial charge in [0.25, 0.3) is 6.43 Å². The lowest BCUT2D eigenvalue weighted by atomic mass is 10.1. The summed E-state index contributed by atoms with van der Waals surface area (Å²) in [5, 5.41) is 15.5. The number of nitrogens with zero attached hydrogens (tertiary/aromatic N) is 10. The van der Waals surface area contributed by atoms with Gasteiger partial charge in [0.05, 0.1) is 74.0 Å². The van der Waals surface area contributed by atoms with E-state index in [0.717, 1.165) is 0 Å². The van der Waals surface area contributed by atoms with Gasteiger partial charge in [0.1, 0.15) is 5.69 Å². The van der Waals surface area contributed by atoms with Crippen molar-refractivity contribution in [3.63, 3.8) is 0 Å². The van der Waals surface area contributed by atoms with E-state index in [1.54, 1.807) is 37.5 Å². The van der Waals surface area contributed by atoms with E-state index in [4.69, 9.17) is 16.0 Å². The maximum Gasteiger partial charge on any atom is 0.312 e. The predicted molar refractivity (Wildman–Crippen MR) is 149 cm³/mol. The van der Waals surface area contributed by atoms with Crippen LogP contribution in [0.5, 0.6) is 5.75 Å². The molecule has 4 aromatic rings. The molecule has 13 nitrogen and oxygen atoms in total. The van der Waals surface area contributed by atoms with Crippen LogP contribution in [0.4, 0.5) is 37.5 Å². The summed E-state index contributed by atoms with van der Waals surface area (Å²) in [6.45, 7) is 10.0. The summed E-state index contributed by atoms with van der Waals surface area (Å²) in [6, 6.07) is 7.11. The van der Waals surface area contributed by atoms with Crippen LogP contribution in [0, 0.1) is 6.57 Å². The number of benzene rings is 1. The number of nitrogens with one attached hydrogen (secondary N) is 1. The second-order valence-corrected chi connectivity index (χ2v) is 9.55. The molecule has 0 aliphatic carbocycles. The van der Waals surface area contributed by atoms with Gasteiger partial charge in [-0.2, -0.15) is 4.80 Å². The van der Waals surface area contributed by atoms with Crippen LogP contribution in [0.1, 0.15) is 17.1 Å². The molecule has 214 valence electrons. The number of anilines is 3. The van der Waals surface area contributed by atoms with E-state index in [1.165, 1.54) is 11.9 Å². The van der Waals surface area contributed by atoms with Crippen LogP contribution in [-0.2, 0) is 24.6 Å². The Morgan fingerprint density at radius 3 is 2.71 bits per heavy atom. The fourth-order valence-electron chi connectivity index (χ4n) is 4.88. The molecule has 3 aromatic heterocycles. The average molecular weight is 574 g/mol. The first kappa shape index (κ1) is 27.1. The van der Waals surface area contributed by atoms with Gasteiger partial charge in [0.15, 0.2) is 17.3 Å². The molecule has 15 heteroatoms. The number of tetrazole rings is 1. The van der Waals surface area contributed by atoms with Gasteiger partial charge < -0.3 is 24.5 Å². The lowest BCUT2D eigenvalue weighted by Gasteiger charge is -2.28. The predicted octanol–water partition coefficient (Wildman–Crippen LogP) is 3.69. The molecule has 1 saturated heterocycles. The molecule has 0 bridgehead atoms. The Kier molecular flexibility index (Phi) is 7.36. The summed E-state index contributed by atoms with van der Waals surface area (Å²) in [6.07, 6.45) is -0.949. The van der Waals surface area contributed by atoms with Crippen molar-refractivity contribution in [3.05, 3.63) is 59.0 Å². The fraction of sp³-hybridized carbons (Fsp3) is 0.333. The molecule has 0 spiro atoms. The van der Waals surface area contributed by atoms with Crippen molar-refractivity contribution in [1.29, 1.82) is 0 Å². The number of para-hydroxylation sites is 1. The zero-order valence-corrected chi connectivity index (χ0v) is 22.8. The standard InChI is InChI=1S/C27H25F2N11O2/c1-30-26-27(40-7-9-42-10-8-40)31-14-16(33-26)11-15-12-19(22-20(32-15)13-21(35-22)24(28)29)34-18-6-4-5-17(23(18)41-3)25-36-38-39(2)37-25/h4-6,12,14,24H,7-11,13H2,2-3H3,(H,32,34). The van der Waals surface area contributed by atoms with Crippen molar-refractivity contribution >= 4 is 34.4 Å². The molecular formula is C27H25F2N11O2. The van der Waals surface area contributed by atoms with Crippen molar-refractivity contribution < 1.29 is 18.3 Å². The van der Waals surface area contributed by atoms with Gasteiger partial charge in [0.2, 0.25) is 5.82 Å². The minimum absolute atomic E-state index is 0.0782. The molecule has 2 aliphatic heterocycles. The Morgan fingerprint density at radius 1 is 1.17 bits per heavy atom. The number of methoxy groups -OCH3 is 1. The number of pyridine rings is 1. The number of ether oxygens (including phenoxy) is 2. The second kappa shape index (κ2) is 11.4. The average Bonchev–Trinajstić information content (AvgIpc) is 3.64. The van der Waals surface area contributed by atoms with Crippen molar-refractivity contribution in [1.82, 2.24) is 35.2 Å². The van der Waals surface area contributed by atoms with Gasteiger partial charge in [0, 0.05) is 19.5 Å². The van der Waals surface area contributed by atoms with Crippen molar-refractivity contribution in [2.75, 3.05) is 43.6 Å². The minimum atomic E-state index is -2.71. The van der Waals surface area contributed by atoms with Crippen molar-refractivity contribution in [2.24, 2.45) is 12.0 Å². The third-order valence-corrected chi connectivity index (χ3v) is 6.78. The number of hydrogen-bond acceptors (Lipinski definition) is 11. The van der Waals surface area contributed by atoms with E-state index in [1.807, 2.05) is 4.90 Å². The van der Waals surface area contributed by atoms with Crippen LogP contribution in [-0.4, -0.2) is 80.7 Å².